The SMILES string of the molecule is CC(=O)c1ccc(O)c(CN(C)Cc2cccc(C)c2)c1. The summed E-state index contributed by atoms with van der Waals surface area (Å²) in [5.74, 6) is 0.244. The van der Waals surface area contributed by atoms with Crippen LogP contribution in [0, 0.1) is 6.92 Å². The van der Waals surface area contributed by atoms with Gasteiger partial charge in [-0.2, -0.15) is 0 Å². The number of carbonyl (C=O) groups excluding carboxylic acids is 1. The summed E-state index contributed by atoms with van der Waals surface area (Å²) in [5.41, 5.74) is 3.88. The van der Waals surface area contributed by atoms with Crippen molar-refractivity contribution >= 4 is 5.78 Å². The lowest BCUT2D eigenvalue weighted by molar-refractivity contribution is 0.101. The molecule has 2 rings (SSSR count). The van der Waals surface area contributed by atoms with E-state index in [1.54, 1.807) is 18.2 Å². The molecule has 0 aliphatic carbocycles. The number of hydrogen-bond acceptors (Lipinski definition) is 3. The third-order valence-corrected chi connectivity index (χ3v) is 3.46. The van der Waals surface area contributed by atoms with Crippen molar-refractivity contribution in [3.8, 4) is 5.75 Å². The van der Waals surface area contributed by atoms with Crippen molar-refractivity contribution in [1.29, 1.82) is 0 Å². The molecule has 0 saturated heterocycles. The number of nitrogens with zero attached hydrogens (tertiary/aromatic N) is 1. The fraction of sp³-hybridized carbons (Fsp3) is 0.278. The summed E-state index contributed by atoms with van der Waals surface area (Å²) >= 11 is 0. The zero-order valence-corrected chi connectivity index (χ0v) is 12.8. The topological polar surface area (TPSA) is 40.5 Å². The van der Waals surface area contributed by atoms with E-state index in [0.29, 0.717) is 12.1 Å². The maximum atomic E-state index is 11.4. The van der Waals surface area contributed by atoms with Crippen LogP contribution in [0.2, 0.25) is 0 Å². The fourth-order valence-electron chi connectivity index (χ4n) is 2.40. The highest BCUT2D eigenvalue weighted by Crippen LogP contribution is 2.21. The van der Waals surface area contributed by atoms with E-state index in [1.807, 2.05) is 13.1 Å². The van der Waals surface area contributed by atoms with Crippen molar-refractivity contribution < 1.29 is 9.90 Å². The van der Waals surface area contributed by atoms with E-state index < -0.39 is 0 Å². The van der Waals surface area contributed by atoms with Gasteiger partial charge in [0.15, 0.2) is 5.78 Å². The molecule has 0 aliphatic rings. The minimum Gasteiger partial charge on any atom is -0.508 e. The molecule has 3 heteroatoms. The van der Waals surface area contributed by atoms with E-state index in [9.17, 15) is 9.90 Å². The highest BCUT2D eigenvalue weighted by molar-refractivity contribution is 5.94. The van der Waals surface area contributed by atoms with Crippen molar-refractivity contribution in [2.45, 2.75) is 26.9 Å². The molecule has 0 unspecified atom stereocenters. The van der Waals surface area contributed by atoms with E-state index in [0.717, 1.165) is 12.1 Å². The average molecular weight is 283 g/mol. The molecule has 21 heavy (non-hydrogen) atoms. The minimum atomic E-state index is 0.0117. The zero-order valence-electron chi connectivity index (χ0n) is 12.8. The van der Waals surface area contributed by atoms with Crippen LogP contribution >= 0.6 is 0 Å². The Kier molecular flexibility index (Phi) is 4.76. The predicted molar refractivity (Wildman–Crippen MR) is 84.5 cm³/mol. The lowest BCUT2D eigenvalue weighted by Crippen LogP contribution is -2.17. The van der Waals surface area contributed by atoms with Crippen LogP contribution in [0.5, 0.6) is 5.75 Å². The second kappa shape index (κ2) is 6.55. The number of rotatable bonds is 5. The Bertz CT molecular complexity index is 649. The minimum absolute atomic E-state index is 0.0117. The van der Waals surface area contributed by atoms with Crippen LogP contribution in [0.4, 0.5) is 0 Å². The van der Waals surface area contributed by atoms with Gasteiger partial charge in [-0.25, -0.2) is 0 Å². The molecule has 0 saturated carbocycles. The molecule has 2 aromatic carbocycles. The second-order valence-electron chi connectivity index (χ2n) is 5.56. The molecule has 0 heterocycles. The van der Waals surface area contributed by atoms with Crippen molar-refractivity contribution in [2.24, 2.45) is 0 Å². The third-order valence-electron chi connectivity index (χ3n) is 3.46. The molecular weight excluding hydrogens is 262 g/mol. The number of aromatic hydroxyl groups is 1. The van der Waals surface area contributed by atoms with Gasteiger partial charge < -0.3 is 5.11 Å². The molecule has 1 N–H and O–H groups in total. The van der Waals surface area contributed by atoms with Gasteiger partial charge in [0, 0.05) is 24.2 Å². The maximum absolute atomic E-state index is 11.4. The standard InChI is InChI=1S/C18H21NO2/c1-13-5-4-6-15(9-13)11-19(3)12-17-10-16(14(2)20)7-8-18(17)21/h4-10,21H,11-12H2,1-3H3. The molecule has 110 valence electrons. The van der Waals surface area contributed by atoms with Gasteiger partial charge in [0.05, 0.1) is 0 Å². The number of phenols is 1. The Labute approximate surface area is 125 Å². The van der Waals surface area contributed by atoms with Gasteiger partial charge in [0.25, 0.3) is 0 Å². The summed E-state index contributed by atoms with van der Waals surface area (Å²) < 4.78 is 0. The summed E-state index contributed by atoms with van der Waals surface area (Å²) in [6, 6.07) is 13.4. The van der Waals surface area contributed by atoms with Gasteiger partial charge in [0.2, 0.25) is 0 Å². The predicted octanol–water partition coefficient (Wildman–Crippen LogP) is 3.54. The van der Waals surface area contributed by atoms with Crippen molar-refractivity contribution in [3.63, 3.8) is 0 Å². The normalized spacial score (nSPS) is 10.9. The van der Waals surface area contributed by atoms with Crippen LogP contribution in [-0.2, 0) is 13.1 Å². The highest BCUT2D eigenvalue weighted by Gasteiger charge is 2.09. The summed E-state index contributed by atoms with van der Waals surface area (Å²) in [7, 11) is 2.00. The smallest absolute Gasteiger partial charge is 0.159 e. The summed E-state index contributed by atoms with van der Waals surface area (Å²) in [5, 5.41) is 9.94. The third kappa shape index (κ3) is 4.17. The molecule has 0 radical (unpaired) electrons. The molecule has 3 nitrogen and oxygen atoms in total. The Morgan fingerprint density at radius 3 is 2.57 bits per heavy atom. The van der Waals surface area contributed by atoms with E-state index >= 15 is 0 Å². The van der Waals surface area contributed by atoms with Crippen LogP contribution in [0.15, 0.2) is 42.5 Å². The number of phenolic OH excluding ortho intramolecular Hbond substituents is 1. The molecule has 0 aliphatic heterocycles. The monoisotopic (exact) mass is 283 g/mol. The molecule has 0 fully saturated rings. The molecule has 0 aromatic heterocycles. The van der Waals surface area contributed by atoms with Crippen LogP contribution < -0.4 is 0 Å². The number of carbonyl (C=O) groups is 1. The lowest BCUT2D eigenvalue weighted by Gasteiger charge is -2.18. The summed E-state index contributed by atoms with van der Waals surface area (Å²) in [6.07, 6.45) is 0. The van der Waals surface area contributed by atoms with E-state index in [1.165, 1.54) is 18.1 Å². The first-order valence-corrected chi connectivity index (χ1v) is 7.02. The highest BCUT2D eigenvalue weighted by atomic mass is 16.3. The number of aryl methyl sites for hydroxylation is 1. The Balaban J connectivity index is 2.10. The maximum Gasteiger partial charge on any atom is 0.159 e. The van der Waals surface area contributed by atoms with Crippen molar-refractivity contribution in [2.75, 3.05) is 7.05 Å². The van der Waals surface area contributed by atoms with Crippen LogP contribution in [0.3, 0.4) is 0 Å². The van der Waals surface area contributed by atoms with Crippen molar-refractivity contribution in [3.05, 3.63) is 64.7 Å². The summed E-state index contributed by atoms with van der Waals surface area (Å²) in [6.45, 7) is 5.00. The van der Waals surface area contributed by atoms with Crippen LogP contribution in [-0.4, -0.2) is 22.8 Å². The van der Waals surface area contributed by atoms with E-state index in [-0.39, 0.29) is 11.5 Å². The number of Topliss-reactive ketones (excluding diaryl/α,β-unsaturated/α-hetero) is 1. The molecule has 0 spiro atoms. The van der Waals surface area contributed by atoms with Crippen molar-refractivity contribution in [1.82, 2.24) is 4.90 Å². The summed E-state index contributed by atoms with van der Waals surface area (Å²) in [4.78, 5) is 13.5. The Morgan fingerprint density at radius 1 is 1.14 bits per heavy atom. The van der Waals surface area contributed by atoms with Crippen LogP contribution in [0.1, 0.15) is 34.0 Å². The van der Waals surface area contributed by atoms with E-state index in [2.05, 4.69) is 30.0 Å². The fourth-order valence-corrected chi connectivity index (χ4v) is 2.40. The van der Waals surface area contributed by atoms with Gasteiger partial charge in [-0.15, -0.1) is 0 Å². The molecule has 0 amide bonds. The average Bonchev–Trinajstić information content (AvgIpc) is 2.41. The Hall–Kier alpha value is -2.13. The second-order valence-corrected chi connectivity index (χ2v) is 5.56. The van der Waals surface area contributed by atoms with Gasteiger partial charge in [-0.1, -0.05) is 29.8 Å². The number of ketones is 1. The largest absolute Gasteiger partial charge is 0.508 e. The molecular formula is C18H21NO2. The van der Waals surface area contributed by atoms with Gasteiger partial charge in [-0.3, -0.25) is 9.69 Å². The van der Waals surface area contributed by atoms with Crippen LogP contribution in [0.25, 0.3) is 0 Å². The molecule has 0 atom stereocenters. The van der Waals surface area contributed by atoms with Gasteiger partial charge in [-0.05, 0) is 44.7 Å². The van der Waals surface area contributed by atoms with Gasteiger partial charge in [0.1, 0.15) is 5.75 Å². The molecule has 2 aromatic rings. The van der Waals surface area contributed by atoms with Gasteiger partial charge >= 0.3 is 0 Å². The number of benzene rings is 2. The quantitative estimate of drug-likeness (QED) is 0.853. The van der Waals surface area contributed by atoms with E-state index in [4.69, 9.17) is 0 Å². The number of hydrogen-bond donors (Lipinski definition) is 1. The first-order valence-electron chi connectivity index (χ1n) is 7.02. The zero-order chi connectivity index (χ0) is 15.4. The Morgan fingerprint density at radius 2 is 1.90 bits per heavy atom. The first kappa shape index (κ1) is 15.3. The first-order chi connectivity index (χ1) is 9.95. The molecule has 0 bridgehead atoms. The lowest BCUT2D eigenvalue weighted by atomic mass is 10.1.